The van der Waals surface area contributed by atoms with E-state index in [2.05, 4.69) is 29.3 Å². The number of nitro benzene ring substituents is 1. The van der Waals surface area contributed by atoms with Crippen LogP contribution in [0.5, 0.6) is 0 Å². The number of amides is 2. The van der Waals surface area contributed by atoms with E-state index < -0.39 is 4.92 Å². The van der Waals surface area contributed by atoms with Gasteiger partial charge in [0, 0.05) is 61.7 Å². The number of aryl methyl sites for hydroxylation is 2. The maximum absolute atomic E-state index is 12.7. The van der Waals surface area contributed by atoms with Gasteiger partial charge >= 0.3 is 6.03 Å². The largest absolute Gasteiger partial charge is 0.353 e. The van der Waals surface area contributed by atoms with Crippen LogP contribution in [0.2, 0.25) is 0 Å². The normalized spacial score (nSPS) is 13.6. The second kappa shape index (κ2) is 10.3. The van der Waals surface area contributed by atoms with Crippen molar-refractivity contribution in [1.82, 2.24) is 14.9 Å². The molecule has 176 valence electrons. The molecule has 1 saturated heterocycles. The number of nitrogens with one attached hydrogen (secondary N) is 1. The third kappa shape index (κ3) is 5.31. The quantitative estimate of drug-likeness (QED) is 0.437. The highest BCUT2D eigenvalue weighted by Crippen LogP contribution is 2.26. The van der Waals surface area contributed by atoms with Crippen LogP contribution in [0, 0.1) is 17.0 Å². The number of urea groups is 1. The van der Waals surface area contributed by atoms with Gasteiger partial charge in [0.05, 0.1) is 4.92 Å². The number of carbonyl (C=O) groups excluding carboxylic acids is 1. The molecule has 1 aromatic heterocycles. The molecule has 4 rings (SSSR count). The zero-order valence-corrected chi connectivity index (χ0v) is 19.4. The molecule has 0 spiro atoms. The summed E-state index contributed by atoms with van der Waals surface area (Å²) in [5.74, 6) is 1.70. The summed E-state index contributed by atoms with van der Waals surface area (Å²) in [6.07, 6.45) is 1.59. The van der Waals surface area contributed by atoms with Crippen molar-refractivity contribution in [1.29, 1.82) is 0 Å². The first-order valence-corrected chi connectivity index (χ1v) is 11.4. The predicted molar refractivity (Wildman–Crippen MR) is 131 cm³/mol. The molecule has 9 nitrogen and oxygen atoms in total. The molecule has 34 heavy (non-hydrogen) atoms. The molecule has 0 radical (unpaired) electrons. The summed E-state index contributed by atoms with van der Waals surface area (Å²) in [6.45, 7) is 6.45. The molecule has 0 saturated carbocycles. The minimum Gasteiger partial charge on any atom is -0.353 e. The average Bonchev–Trinajstić information content (AvgIpc) is 2.86. The summed E-state index contributed by atoms with van der Waals surface area (Å²) in [4.78, 5) is 36.6. The van der Waals surface area contributed by atoms with Crippen LogP contribution >= 0.6 is 0 Å². The van der Waals surface area contributed by atoms with E-state index in [1.807, 2.05) is 25.1 Å². The van der Waals surface area contributed by atoms with Crippen LogP contribution in [0.15, 0.2) is 54.6 Å². The van der Waals surface area contributed by atoms with Crippen molar-refractivity contribution >= 4 is 23.2 Å². The summed E-state index contributed by atoms with van der Waals surface area (Å²) < 4.78 is 0. The van der Waals surface area contributed by atoms with E-state index in [0.717, 1.165) is 35.7 Å². The van der Waals surface area contributed by atoms with E-state index in [1.165, 1.54) is 29.8 Å². The van der Waals surface area contributed by atoms with Crippen molar-refractivity contribution in [3.63, 3.8) is 0 Å². The zero-order chi connectivity index (χ0) is 24.1. The van der Waals surface area contributed by atoms with Gasteiger partial charge in [-0.25, -0.2) is 14.8 Å². The van der Waals surface area contributed by atoms with Gasteiger partial charge in [0.2, 0.25) is 0 Å². The van der Waals surface area contributed by atoms with Gasteiger partial charge in [-0.1, -0.05) is 37.3 Å². The Hall–Kier alpha value is -4.01. The number of anilines is 2. The second-order valence-electron chi connectivity index (χ2n) is 8.24. The number of hydrogen-bond donors (Lipinski definition) is 1. The van der Waals surface area contributed by atoms with Crippen LogP contribution in [0.3, 0.4) is 0 Å². The molecule has 0 aliphatic carbocycles. The smallest absolute Gasteiger partial charge is 0.321 e. The number of hydrogen-bond acceptors (Lipinski definition) is 6. The lowest BCUT2D eigenvalue weighted by Gasteiger charge is -2.36. The standard InChI is InChI=1S/C25H28N6O3/c1-3-23-22(17-19-7-5-4-6-8-19)24(27-18(2)26-23)29-13-15-30(16-14-29)25(32)28-20-9-11-21(12-10-20)31(33)34/h4-12H,3,13-17H2,1-2H3,(H,28,32). The van der Waals surface area contributed by atoms with E-state index in [9.17, 15) is 14.9 Å². The molecule has 0 bridgehead atoms. The number of rotatable bonds is 6. The van der Waals surface area contributed by atoms with Crippen molar-refractivity contribution in [3.05, 3.63) is 87.4 Å². The number of nitrogens with zero attached hydrogens (tertiary/aromatic N) is 5. The molecule has 2 amide bonds. The van der Waals surface area contributed by atoms with Crippen LogP contribution in [0.25, 0.3) is 0 Å². The first kappa shape index (κ1) is 23.2. The second-order valence-corrected chi connectivity index (χ2v) is 8.24. The van der Waals surface area contributed by atoms with Gasteiger partial charge in [-0.05, 0) is 31.0 Å². The van der Waals surface area contributed by atoms with Crippen molar-refractivity contribution in [2.45, 2.75) is 26.7 Å². The van der Waals surface area contributed by atoms with Crippen LogP contribution in [0.1, 0.15) is 29.6 Å². The summed E-state index contributed by atoms with van der Waals surface area (Å²) in [7, 11) is 0. The van der Waals surface area contributed by atoms with E-state index in [-0.39, 0.29) is 11.7 Å². The Morgan fingerprint density at radius 2 is 1.71 bits per heavy atom. The summed E-state index contributed by atoms with van der Waals surface area (Å²) in [6, 6.07) is 15.9. The summed E-state index contributed by atoms with van der Waals surface area (Å²) >= 11 is 0. The molecule has 0 atom stereocenters. The van der Waals surface area contributed by atoms with Crippen molar-refractivity contribution < 1.29 is 9.72 Å². The Morgan fingerprint density at radius 1 is 1.03 bits per heavy atom. The first-order chi connectivity index (χ1) is 16.4. The molecule has 1 aliphatic rings. The van der Waals surface area contributed by atoms with E-state index in [0.29, 0.717) is 31.9 Å². The summed E-state index contributed by atoms with van der Waals surface area (Å²) in [5, 5.41) is 13.6. The lowest BCUT2D eigenvalue weighted by molar-refractivity contribution is -0.384. The predicted octanol–water partition coefficient (Wildman–Crippen LogP) is 4.20. The monoisotopic (exact) mass is 460 g/mol. The number of aromatic nitrogens is 2. The SMILES string of the molecule is CCc1nc(C)nc(N2CCN(C(=O)Nc3ccc([N+](=O)[O-])cc3)CC2)c1Cc1ccccc1. The van der Waals surface area contributed by atoms with Gasteiger partial charge in [0.15, 0.2) is 0 Å². The fraction of sp³-hybridized carbons (Fsp3) is 0.320. The average molecular weight is 461 g/mol. The highest BCUT2D eigenvalue weighted by Gasteiger charge is 2.25. The van der Waals surface area contributed by atoms with Gasteiger partial charge in [-0.2, -0.15) is 0 Å². The van der Waals surface area contributed by atoms with Crippen LogP contribution in [-0.4, -0.2) is 52.0 Å². The van der Waals surface area contributed by atoms with E-state index in [4.69, 9.17) is 9.97 Å². The van der Waals surface area contributed by atoms with Crippen LogP contribution in [0.4, 0.5) is 22.0 Å². The Morgan fingerprint density at radius 3 is 2.32 bits per heavy atom. The molecular formula is C25H28N6O3. The van der Waals surface area contributed by atoms with Gasteiger partial charge in [0.25, 0.3) is 5.69 Å². The minimum atomic E-state index is -0.463. The van der Waals surface area contributed by atoms with Gasteiger partial charge < -0.3 is 15.1 Å². The van der Waals surface area contributed by atoms with Crippen molar-refractivity contribution in [2.24, 2.45) is 0 Å². The number of non-ortho nitro benzene ring substituents is 1. The van der Waals surface area contributed by atoms with Gasteiger partial charge in [-0.15, -0.1) is 0 Å². The van der Waals surface area contributed by atoms with Crippen LogP contribution in [-0.2, 0) is 12.8 Å². The Labute approximate surface area is 198 Å². The van der Waals surface area contributed by atoms with Crippen molar-refractivity contribution in [2.75, 3.05) is 36.4 Å². The number of carbonyl (C=O) groups is 1. The fourth-order valence-electron chi connectivity index (χ4n) is 4.16. The topological polar surface area (TPSA) is 104 Å². The number of nitro groups is 1. The highest BCUT2D eigenvalue weighted by molar-refractivity contribution is 5.89. The van der Waals surface area contributed by atoms with Gasteiger partial charge in [0.1, 0.15) is 11.6 Å². The molecule has 9 heteroatoms. The molecule has 2 heterocycles. The molecule has 1 fully saturated rings. The molecule has 3 aromatic rings. The first-order valence-electron chi connectivity index (χ1n) is 11.4. The maximum atomic E-state index is 12.7. The number of benzene rings is 2. The third-order valence-corrected chi connectivity index (χ3v) is 5.94. The van der Waals surface area contributed by atoms with E-state index in [1.54, 1.807) is 4.90 Å². The number of piperazine rings is 1. The fourth-order valence-corrected chi connectivity index (χ4v) is 4.16. The summed E-state index contributed by atoms with van der Waals surface area (Å²) in [5.41, 5.74) is 3.94. The molecule has 0 unspecified atom stereocenters. The minimum absolute atomic E-state index is 0.00971. The lowest BCUT2D eigenvalue weighted by Crippen LogP contribution is -2.50. The maximum Gasteiger partial charge on any atom is 0.321 e. The Kier molecular flexibility index (Phi) is 7.01. The molecule has 1 aliphatic heterocycles. The Bertz CT molecular complexity index is 1160. The zero-order valence-electron chi connectivity index (χ0n) is 19.4. The van der Waals surface area contributed by atoms with E-state index >= 15 is 0 Å². The van der Waals surface area contributed by atoms with Gasteiger partial charge in [-0.3, -0.25) is 10.1 Å². The lowest BCUT2D eigenvalue weighted by atomic mass is 10.0. The Balaban J connectivity index is 1.45. The highest BCUT2D eigenvalue weighted by atomic mass is 16.6. The molecule has 2 aromatic carbocycles. The van der Waals surface area contributed by atoms with Crippen molar-refractivity contribution in [3.8, 4) is 0 Å². The third-order valence-electron chi connectivity index (χ3n) is 5.94. The molecular weight excluding hydrogens is 432 g/mol. The van der Waals surface area contributed by atoms with Crippen LogP contribution < -0.4 is 10.2 Å². The molecule has 1 N–H and O–H groups in total.